The topological polar surface area (TPSA) is 60.5 Å². The summed E-state index contributed by atoms with van der Waals surface area (Å²) in [4.78, 5) is 18.7. The van der Waals surface area contributed by atoms with E-state index >= 15 is 0 Å². The maximum atomic E-state index is 13.7. The van der Waals surface area contributed by atoms with Crippen LogP contribution < -0.4 is 14.8 Å². The quantitative estimate of drug-likeness (QED) is 0.390. The zero-order chi connectivity index (χ0) is 23.7. The molecule has 0 aliphatic carbocycles. The van der Waals surface area contributed by atoms with Gasteiger partial charge in [0.1, 0.15) is 11.5 Å². The summed E-state index contributed by atoms with van der Waals surface area (Å²) in [5.74, 6) is 0.977. The molecule has 4 rings (SSSR count). The molecule has 0 saturated carbocycles. The van der Waals surface area contributed by atoms with E-state index < -0.39 is 0 Å². The van der Waals surface area contributed by atoms with E-state index in [1.807, 2.05) is 39.0 Å². The van der Waals surface area contributed by atoms with Gasteiger partial charge in [-0.15, -0.1) is 0 Å². The second-order valence-electron chi connectivity index (χ2n) is 8.32. The minimum absolute atomic E-state index is 0.218. The standard InChI is InChI=1S/C28H28N2O3/c1-16-7-9-20(10-8-16)27-19(4)25(22-14-17(2)13-18(3)26(22)30-27)28(31)29-23-15-21(32-5)11-12-24(23)33-6/h7-15H,1-6H3,(H,29,31). The zero-order valence-electron chi connectivity index (χ0n) is 19.9. The molecule has 0 aliphatic heterocycles. The summed E-state index contributed by atoms with van der Waals surface area (Å²) in [5.41, 5.74) is 7.88. The fraction of sp³-hybridized carbons (Fsp3) is 0.214. The van der Waals surface area contributed by atoms with Gasteiger partial charge in [0.15, 0.2) is 0 Å². The molecule has 33 heavy (non-hydrogen) atoms. The number of carbonyl (C=O) groups is 1. The van der Waals surface area contributed by atoms with Crippen molar-refractivity contribution in [2.45, 2.75) is 27.7 Å². The van der Waals surface area contributed by atoms with Crippen LogP contribution in [0.3, 0.4) is 0 Å². The molecule has 0 spiro atoms. The van der Waals surface area contributed by atoms with Crippen LogP contribution in [0.2, 0.25) is 0 Å². The Balaban J connectivity index is 1.93. The molecule has 5 heteroatoms. The Morgan fingerprint density at radius 2 is 1.58 bits per heavy atom. The number of pyridine rings is 1. The molecule has 1 aromatic heterocycles. The number of ether oxygens (including phenoxy) is 2. The van der Waals surface area contributed by atoms with E-state index in [0.717, 1.165) is 38.9 Å². The SMILES string of the molecule is COc1ccc(OC)c(NC(=O)c2c(C)c(-c3ccc(C)cc3)nc3c(C)cc(C)cc23)c1. The first-order valence-electron chi connectivity index (χ1n) is 10.8. The maximum absolute atomic E-state index is 13.7. The highest BCUT2D eigenvalue weighted by atomic mass is 16.5. The van der Waals surface area contributed by atoms with Gasteiger partial charge in [-0.25, -0.2) is 4.98 Å². The Hall–Kier alpha value is -3.86. The number of carbonyl (C=O) groups excluding carboxylic acids is 1. The normalized spacial score (nSPS) is 10.8. The molecule has 0 atom stereocenters. The lowest BCUT2D eigenvalue weighted by Gasteiger charge is -2.18. The van der Waals surface area contributed by atoms with Crippen LogP contribution in [0.25, 0.3) is 22.2 Å². The molecule has 0 fully saturated rings. The molecule has 4 aromatic rings. The van der Waals surface area contributed by atoms with E-state index in [0.29, 0.717) is 22.7 Å². The van der Waals surface area contributed by atoms with E-state index in [1.54, 1.807) is 32.4 Å². The number of nitrogens with zero attached hydrogens (tertiary/aromatic N) is 1. The van der Waals surface area contributed by atoms with E-state index in [1.165, 1.54) is 5.56 Å². The first-order chi connectivity index (χ1) is 15.8. The van der Waals surface area contributed by atoms with Crippen LogP contribution in [-0.2, 0) is 0 Å². The first kappa shape index (κ1) is 22.3. The Labute approximate surface area is 194 Å². The Kier molecular flexibility index (Phi) is 6.05. The lowest BCUT2D eigenvalue weighted by Crippen LogP contribution is -2.16. The summed E-state index contributed by atoms with van der Waals surface area (Å²) in [7, 11) is 3.17. The summed E-state index contributed by atoms with van der Waals surface area (Å²) in [6.07, 6.45) is 0. The van der Waals surface area contributed by atoms with Crippen molar-refractivity contribution in [3.63, 3.8) is 0 Å². The number of fused-ring (bicyclic) bond motifs is 1. The smallest absolute Gasteiger partial charge is 0.256 e. The lowest BCUT2D eigenvalue weighted by molar-refractivity contribution is 0.102. The van der Waals surface area contributed by atoms with Crippen LogP contribution >= 0.6 is 0 Å². The van der Waals surface area contributed by atoms with Gasteiger partial charge < -0.3 is 14.8 Å². The highest BCUT2D eigenvalue weighted by Gasteiger charge is 2.21. The second-order valence-corrected chi connectivity index (χ2v) is 8.32. The number of amides is 1. The number of hydrogen-bond donors (Lipinski definition) is 1. The van der Waals surface area contributed by atoms with E-state index in [2.05, 4.69) is 30.4 Å². The molecular formula is C28H28N2O3. The summed E-state index contributed by atoms with van der Waals surface area (Å²) in [6, 6.07) is 17.7. The number of methoxy groups -OCH3 is 2. The minimum atomic E-state index is -0.218. The fourth-order valence-electron chi connectivity index (χ4n) is 4.20. The monoisotopic (exact) mass is 440 g/mol. The van der Waals surface area contributed by atoms with Crippen LogP contribution in [0.5, 0.6) is 11.5 Å². The van der Waals surface area contributed by atoms with Gasteiger partial charge >= 0.3 is 0 Å². The van der Waals surface area contributed by atoms with Gasteiger partial charge in [-0.2, -0.15) is 0 Å². The molecule has 1 heterocycles. The molecule has 168 valence electrons. The average molecular weight is 441 g/mol. The van der Waals surface area contributed by atoms with Crippen molar-refractivity contribution >= 4 is 22.5 Å². The van der Waals surface area contributed by atoms with Crippen molar-refractivity contribution in [2.75, 3.05) is 19.5 Å². The Morgan fingerprint density at radius 1 is 0.848 bits per heavy atom. The van der Waals surface area contributed by atoms with Crippen LogP contribution in [0, 0.1) is 27.7 Å². The molecule has 0 aliphatic rings. The third-order valence-corrected chi connectivity index (χ3v) is 5.87. The van der Waals surface area contributed by atoms with Crippen LogP contribution in [0.4, 0.5) is 5.69 Å². The molecule has 5 nitrogen and oxygen atoms in total. The number of aromatic nitrogens is 1. The minimum Gasteiger partial charge on any atom is -0.497 e. The third-order valence-electron chi connectivity index (χ3n) is 5.87. The van der Waals surface area contributed by atoms with Gasteiger partial charge in [-0.3, -0.25) is 4.79 Å². The van der Waals surface area contributed by atoms with Crippen molar-refractivity contribution in [3.8, 4) is 22.8 Å². The van der Waals surface area contributed by atoms with Crippen molar-refractivity contribution in [2.24, 2.45) is 0 Å². The number of anilines is 1. The van der Waals surface area contributed by atoms with Gasteiger partial charge in [-0.1, -0.05) is 41.5 Å². The third kappa shape index (κ3) is 4.27. The van der Waals surface area contributed by atoms with E-state index in [4.69, 9.17) is 14.5 Å². The molecule has 3 aromatic carbocycles. The molecule has 0 bridgehead atoms. The maximum Gasteiger partial charge on any atom is 0.256 e. The van der Waals surface area contributed by atoms with Crippen molar-refractivity contribution in [3.05, 3.63) is 82.4 Å². The fourth-order valence-corrected chi connectivity index (χ4v) is 4.20. The molecule has 0 saturated heterocycles. The highest BCUT2D eigenvalue weighted by Crippen LogP contribution is 2.34. The number of nitrogens with one attached hydrogen (secondary N) is 1. The molecule has 1 N–H and O–H groups in total. The van der Waals surface area contributed by atoms with Gasteiger partial charge in [-0.05, 0) is 57.0 Å². The van der Waals surface area contributed by atoms with Crippen molar-refractivity contribution in [1.29, 1.82) is 0 Å². The van der Waals surface area contributed by atoms with E-state index in [-0.39, 0.29) is 5.91 Å². The molecule has 1 amide bonds. The Bertz CT molecular complexity index is 1360. The van der Waals surface area contributed by atoms with Crippen LogP contribution in [0.1, 0.15) is 32.6 Å². The largest absolute Gasteiger partial charge is 0.497 e. The second kappa shape index (κ2) is 8.94. The molecular weight excluding hydrogens is 412 g/mol. The zero-order valence-corrected chi connectivity index (χ0v) is 19.9. The predicted molar refractivity (Wildman–Crippen MR) is 134 cm³/mol. The summed E-state index contributed by atoms with van der Waals surface area (Å²) < 4.78 is 10.8. The molecule has 0 radical (unpaired) electrons. The first-order valence-corrected chi connectivity index (χ1v) is 10.8. The van der Waals surface area contributed by atoms with Crippen LogP contribution in [-0.4, -0.2) is 25.1 Å². The van der Waals surface area contributed by atoms with Gasteiger partial charge in [0.2, 0.25) is 0 Å². The number of aryl methyl sites for hydroxylation is 3. The Morgan fingerprint density at radius 3 is 2.24 bits per heavy atom. The van der Waals surface area contributed by atoms with Gasteiger partial charge in [0.25, 0.3) is 5.91 Å². The van der Waals surface area contributed by atoms with Gasteiger partial charge in [0.05, 0.1) is 36.7 Å². The number of hydrogen-bond acceptors (Lipinski definition) is 4. The van der Waals surface area contributed by atoms with E-state index in [9.17, 15) is 4.79 Å². The predicted octanol–water partition coefficient (Wildman–Crippen LogP) is 6.40. The average Bonchev–Trinajstić information content (AvgIpc) is 2.79. The summed E-state index contributed by atoms with van der Waals surface area (Å²) in [6.45, 7) is 8.07. The summed E-state index contributed by atoms with van der Waals surface area (Å²) >= 11 is 0. The summed E-state index contributed by atoms with van der Waals surface area (Å²) in [5, 5.41) is 3.87. The van der Waals surface area contributed by atoms with Crippen molar-refractivity contribution < 1.29 is 14.3 Å². The number of benzene rings is 3. The highest BCUT2D eigenvalue weighted by molar-refractivity contribution is 6.15. The lowest BCUT2D eigenvalue weighted by atomic mass is 9.94. The van der Waals surface area contributed by atoms with Crippen molar-refractivity contribution in [1.82, 2.24) is 4.98 Å². The number of rotatable bonds is 5. The van der Waals surface area contributed by atoms with Gasteiger partial charge in [0, 0.05) is 17.0 Å². The molecule has 0 unspecified atom stereocenters. The van der Waals surface area contributed by atoms with Crippen LogP contribution in [0.15, 0.2) is 54.6 Å².